The zero-order chi connectivity index (χ0) is 9.68. The highest BCUT2D eigenvalue weighted by molar-refractivity contribution is 9.10. The Kier molecular flexibility index (Phi) is 4.94. The van der Waals surface area contributed by atoms with E-state index in [0.29, 0.717) is 6.04 Å². The van der Waals surface area contributed by atoms with E-state index in [-0.39, 0.29) is 6.61 Å². The quantitative estimate of drug-likeness (QED) is 0.801. The van der Waals surface area contributed by atoms with Gasteiger partial charge < -0.3 is 10.4 Å². The topological polar surface area (TPSA) is 32.3 Å². The molecule has 0 radical (unpaired) electrons. The molecule has 1 aromatic heterocycles. The third-order valence-electron chi connectivity index (χ3n) is 1.82. The summed E-state index contributed by atoms with van der Waals surface area (Å²) in [6, 6.07) is 2.42. The number of nitrogens with one attached hydrogen (secondary N) is 1. The van der Waals surface area contributed by atoms with Gasteiger partial charge in [-0.3, -0.25) is 0 Å². The number of thiophene rings is 1. The van der Waals surface area contributed by atoms with Crippen LogP contribution in [0.25, 0.3) is 0 Å². The molecule has 13 heavy (non-hydrogen) atoms. The Hall–Kier alpha value is 0.100. The summed E-state index contributed by atoms with van der Waals surface area (Å²) in [5.74, 6) is 0. The first-order chi connectivity index (χ1) is 6.25. The van der Waals surface area contributed by atoms with Crippen molar-refractivity contribution < 1.29 is 5.11 Å². The molecular formula is C9H14BrNOS. The Labute approximate surface area is 91.1 Å². The molecule has 0 saturated heterocycles. The second kappa shape index (κ2) is 5.75. The molecule has 0 aliphatic rings. The van der Waals surface area contributed by atoms with E-state index in [9.17, 15) is 0 Å². The number of halogens is 1. The Morgan fingerprint density at radius 1 is 1.69 bits per heavy atom. The highest BCUT2D eigenvalue weighted by Gasteiger charge is 2.08. The van der Waals surface area contributed by atoms with E-state index in [4.69, 9.17) is 5.11 Å². The van der Waals surface area contributed by atoms with Gasteiger partial charge in [-0.2, -0.15) is 0 Å². The maximum Gasteiger partial charge on any atom is 0.0443 e. The van der Waals surface area contributed by atoms with Crippen LogP contribution in [0.1, 0.15) is 24.3 Å². The molecule has 1 atom stereocenters. The highest BCUT2D eigenvalue weighted by atomic mass is 79.9. The van der Waals surface area contributed by atoms with E-state index in [0.717, 1.165) is 13.0 Å². The normalized spacial score (nSPS) is 13.2. The molecular weight excluding hydrogens is 250 g/mol. The van der Waals surface area contributed by atoms with Crippen LogP contribution in [-0.2, 0) is 0 Å². The fourth-order valence-electron chi connectivity index (χ4n) is 1.10. The molecule has 2 N–H and O–H groups in total. The first-order valence-corrected chi connectivity index (χ1v) is 6.00. The van der Waals surface area contributed by atoms with Crippen LogP contribution >= 0.6 is 27.3 Å². The van der Waals surface area contributed by atoms with Crippen molar-refractivity contribution >= 4 is 27.3 Å². The molecule has 0 spiro atoms. The first kappa shape index (κ1) is 11.2. The summed E-state index contributed by atoms with van der Waals surface area (Å²) in [5.41, 5.74) is 0. The summed E-state index contributed by atoms with van der Waals surface area (Å²) in [6.45, 7) is 3.25. The van der Waals surface area contributed by atoms with Crippen LogP contribution in [0.4, 0.5) is 0 Å². The zero-order valence-corrected chi connectivity index (χ0v) is 9.99. The second-order valence-corrected chi connectivity index (χ2v) is 4.69. The van der Waals surface area contributed by atoms with Crippen LogP contribution in [0, 0.1) is 0 Å². The van der Waals surface area contributed by atoms with Gasteiger partial charge in [-0.15, -0.1) is 11.3 Å². The Balaban J connectivity index is 2.39. The van der Waals surface area contributed by atoms with Crippen molar-refractivity contribution in [2.45, 2.75) is 19.4 Å². The SMILES string of the molecule is CC(NCCCO)c1sccc1Br. The third-order valence-corrected chi connectivity index (χ3v) is 3.88. The predicted octanol–water partition coefficient (Wildman–Crippen LogP) is 2.54. The highest BCUT2D eigenvalue weighted by Crippen LogP contribution is 2.28. The minimum atomic E-state index is 0.255. The molecule has 1 unspecified atom stereocenters. The number of hydrogen-bond donors (Lipinski definition) is 2. The molecule has 0 aromatic carbocycles. The predicted molar refractivity (Wildman–Crippen MR) is 60.1 cm³/mol. The fourth-order valence-corrected chi connectivity index (χ4v) is 2.85. The Morgan fingerprint density at radius 2 is 2.46 bits per heavy atom. The van der Waals surface area contributed by atoms with E-state index in [1.165, 1.54) is 9.35 Å². The average Bonchev–Trinajstić information content (AvgIpc) is 2.52. The van der Waals surface area contributed by atoms with Gasteiger partial charge in [0.15, 0.2) is 0 Å². The van der Waals surface area contributed by atoms with Crippen molar-refractivity contribution in [1.82, 2.24) is 5.32 Å². The van der Waals surface area contributed by atoms with E-state index in [1.54, 1.807) is 11.3 Å². The second-order valence-electron chi connectivity index (χ2n) is 2.89. The van der Waals surface area contributed by atoms with E-state index < -0.39 is 0 Å². The fraction of sp³-hybridized carbons (Fsp3) is 0.556. The summed E-state index contributed by atoms with van der Waals surface area (Å²) in [5, 5.41) is 14.0. The van der Waals surface area contributed by atoms with Gasteiger partial charge in [0.1, 0.15) is 0 Å². The first-order valence-electron chi connectivity index (χ1n) is 4.33. The van der Waals surface area contributed by atoms with Crippen molar-refractivity contribution in [3.8, 4) is 0 Å². The maximum atomic E-state index is 8.62. The van der Waals surface area contributed by atoms with Gasteiger partial charge in [0, 0.05) is 22.0 Å². The third kappa shape index (κ3) is 3.38. The van der Waals surface area contributed by atoms with Crippen molar-refractivity contribution in [3.05, 3.63) is 20.8 Å². The summed E-state index contributed by atoms with van der Waals surface area (Å²) in [4.78, 5) is 1.32. The zero-order valence-electron chi connectivity index (χ0n) is 7.59. The molecule has 1 aromatic rings. The lowest BCUT2D eigenvalue weighted by Gasteiger charge is -2.11. The summed E-state index contributed by atoms with van der Waals surface area (Å²) in [7, 11) is 0. The number of rotatable bonds is 5. The summed E-state index contributed by atoms with van der Waals surface area (Å²) >= 11 is 5.24. The number of hydrogen-bond acceptors (Lipinski definition) is 3. The summed E-state index contributed by atoms with van der Waals surface area (Å²) < 4.78 is 1.17. The summed E-state index contributed by atoms with van der Waals surface area (Å²) in [6.07, 6.45) is 0.813. The standard InChI is InChI=1S/C9H14BrNOS/c1-7(11-4-2-5-12)9-8(10)3-6-13-9/h3,6-7,11-12H,2,4-5H2,1H3. The van der Waals surface area contributed by atoms with E-state index >= 15 is 0 Å². The lowest BCUT2D eigenvalue weighted by atomic mass is 10.2. The molecule has 0 saturated carbocycles. The van der Waals surface area contributed by atoms with Crippen LogP contribution in [0.15, 0.2) is 15.9 Å². The molecule has 0 aliphatic carbocycles. The van der Waals surface area contributed by atoms with Gasteiger partial charge in [-0.05, 0) is 47.3 Å². The van der Waals surface area contributed by atoms with E-state index in [2.05, 4.69) is 39.6 Å². The molecule has 4 heteroatoms. The molecule has 0 bridgehead atoms. The largest absolute Gasteiger partial charge is 0.396 e. The van der Waals surface area contributed by atoms with Crippen LogP contribution in [-0.4, -0.2) is 18.3 Å². The van der Waals surface area contributed by atoms with Crippen LogP contribution in [0.2, 0.25) is 0 Å². The molecule has 74 valence electrons. The average molecular weight is 264 g/mol. The van der Waals surface area contributed by atoms with Gasteiger partial charge in [-0.1, -0.05) is 0 Å². The van der Waals surface area contributed by atoms with Gasteiger partial charge in [0.05, 0.1) is 0 Å². The molecule has 2 nitrogen and oxygen atoms in total. The number of aliphatic hydroxyl groups excluding tert-OH is 1. The van der Waals surface area contributed by atoms with Gasteiger partial charge in [0.25, 0.3) is 0 Å². The lowest BCUT2D eigenvalue weighted by Crippen LogP contribution is -2.19. The Morgan fingerprint density at radius 3 is 3.00 bits per heavy atom. The van der Waals surface area contributed by atoms with E-state index in [1.807, 2.05) is 0 Å². The number of aliphatic hydroxyl groups is 1. The van der Waals surface area contributed by atoms with Gasteiger partial charge in [0.2, 0.25) is 0 Å². The molecule has 1 heterocycles. The van der Waals surface area contributed by atoms with Crippen molar-refractivity contribution in [2.75, 3.05) is 13.2 Å². The van der Waals surface area contributed by atoms with Gasteiger partial charge >= 0.3 is 0 Å². The minimum Gasteiger partial charge on any atom is -0.396 e. The molecule has 0 aliphatic heterocycles. The molecule has 0 amide bonds. The van der Waals surface area contributed by atoms with Crippen LogP contribution in [0.5, 0.6) is 0 Å². The van der Waals surface area contributed by atoms with Gasteiger partial charge in [-0.25, -0.2) is 0 Å². The lowest BCUT2D eigenvalue weighted by molar-refractivity contribution is 0.284. The molecule has 0 fully saturated rings. The molecule has 1 rings (SSSR count). The van der Waals surface area contributed by atoms with Crippen LogP contribution in [0.3, 0.4) is 0 Å². The van der Waals surface area contributed by atoms with Crippen molar-refractivity contribution in [1.29, 1.82) is 0 Å². The van der Waals surface area contributed by atoms with Crippen molar-refractivity contribution in [2.24, 2.45) is 0 Å². The monoisotopic (exact) mass is 263 g/mol. The smallest absolute Gasteiger partial charge is 0.0443 e. The Bertz CT molecular complexity index is 252. The minimum absolute atomic E-state index is 0.255. The van der Waals surface area contributed by atoms with Crippen LogP contribution < -0.4 is 5.32 Å². The van der Waals surface area contributed by atoms with Crippen molar-refractivity contribution in [3.63, 3.8) is 0 Å². The maximum absolute atomic E-state index is 8.62.